The van der Waals surface area contributed by atoms with Gasteiger partial charge in [0, 0.05) is 39.7 Å². The van der Waals surface area contributed by atoms with Crippen molar-refractivity contribution in [3.8, 4) is 11.5 Å². The van der Waals surface area contributed by atoms with Crippen molar-refractivity contribution in [3.63, 3.8) is 0 Å². The van der Waals surface area contributed by atoms with Gasteiger partial charge in [-0.2, -0.15) is 8.78 Å². The molecule has 0 aromatic heterocycles. The summed E-state index contributed by atoms with van der Waals surface area (Å²) in [5, 5.41) is 3.26. The molecule has 0 amide bonds. The van der Waals surface area contributed by atoms with Gasteiger partial charge in [0.1, 0.15) is 0 Å². The standard InChI is InChI=1S/C17H25F2N3O3/c1-20-17(22-7-6-13(10-22)11-23-2)21-9-12-4-5-14(24-3)15(8-12)25-16(18)19/h4-5,8,13,16H,6-7,9-11H2,1-3H3,(H,20,21). The van der Waals surface area contributed by atoms with Crippen molar-refractivity contribution in [3.05, 3.63) is 23.8 Å². The lowest BCUT2D eigenvalue weighted by Gasteiger charge is -2.22. The van der Waals surface area contributed by atoms with E-state index in [1.165, 1.54) is 7.11 Å². The lowest BCUT2D eigenvalue weighted by atomic mass is 10.1. The summed E-state index contributed by atoms with van der Waals surface area (Å²) in [6.07, 6.45) is 1.06. The number of hydrogen-bond acceptors (Lipinski definition) is 4. The van der Waals surface area contributed by atoms with Crippen LogP contribution in [0.2, 0.25) is 0 Å². The van der Waals surface area contributed by atoms with E-state index in [2.05, 4.69) is 19.9 Å². The third-order valence-electron chi connectivity index (χ3n) is 4.09. The highest BCUT2D eigenvalue weighted by molar-refractivity contribution is 5.80. The molecule has 0 bridgehead atoms. The highest BCUT2D eigenvalue weighted by Crippen LogP contribution is 2.29. The van der Waals surface area contributed by atoms with E-state index >= 15 is 0 Å². The van der Waals surface area contributed by atoms with E-state index in [-0.39, 0.29) is 11.5 Å². The van der Waals surface area contributed by atoms with Gasteiger partial charge in [0.15, 0.2) is 17.5 Å². The Morgan fingerprint density at radius 1 is 1.36 bits per heavy atom. The number of likely N-dealkylation sites (tertiary alicyclic amines) is 1. The summed E-state index contributed by atoms with van der Waals surface area (Å²) >= 11 is 0. The Morgan fingerprint density at radius 2 is 2.16 bits per heavy atom. The van der Waals surface area contributed by atoms with Crippen molar-refractivity contribution in [1.82, 2.24) is 10.2 Å². The number of alkyl halides is 2. The maximum absolute atomic E-state index is 12.5. The number of methoxy groups -OCH3 is 2. The molecule has 0 spiro atoms. The third kappa shape index (κ3) is 5.45. The molecule has 8 heteroatoms. The number of ether oxygens (including phenoxy) is 3. The molecule has 140 valence electrons. The van der Waals surface area contributed by atoms with Crippen LogP contribution >= 0.6 is 0 Å². The summed E-state index contributed by atoms with van der Waals surface area (Å²) in [7, 11) is 4.85. The van der Waals surface area contributed by atoms with Crippen LogP contribution in [-0.4, -0.2) is 58.4 Å². The van der Waals surface area contributed by atoms with Gasteiger partial charge < -0.3 is 24.4 Å². The molecule has 1 heterocycles. The molecule has 1 aliphatic heterocycles. The molecule has 6 nitrogen and oxygen atoms in total. The predicted molar refractivity (Wildman–Crippen MR) is 91.4 cm³/mol. The summed E-state index contributed by atoms with van der Waals surface area (Å²) in [5.74, 6) is 1.57. The number of halogens is 2. The quantitative estimate of drug-likeness (QED) is 0.600. The molecule has 1 aliphatic rings. The van der Waals surface area contributed by atoms with Crippen LogP contribution in [0.1, 0.15) is 12.0 Å². The van der Waals surface area contributed by atoms with Crippen molar-refractivity contribution in [1.29, 1.82) is 0 Å². The topological polar surface area (TPSA) is 55.3 Å². The van der Waals surface area contributed by atoms with Gasteiger partial charge in [-0.1, -0.05) is 6.07 Å². The lowest BCUT2D eigenvalue weighted by Crippen LogP contribution is -2.39. The third-order valence-corrected chi connectivity index (χ3v) is 4.09. The van der Waals surface area contributed by atoms with Gasteiger partial charge in [-0.25, -0.2) is 0 Å². The van der Waals surface area contributed by atoms with Gasteiger partial charge in [0.25, 0.3) is 0 Å². The number of nitrogens with zero attached hydrogens (tertiary/aromatic N) is 2. The van der Waals surface area contributed by atoms with Gasteiger partial charge in [-0.05, 0) is 24.1 Å². The Morgan fingerprint density at radius 3 is 2.80 bits per heavy atom. The van der Waals surface area contributed by atoms with E-state index in [0.717, 1.165) is 37.6 Å². The van der Waals surface area contributed by atoms with Gasteiger partial charge in [-0.3, -0.25) is 4.99 Å². The average Bonchev–Trinajstić information content (AvgIpc) is 3.04. The van der Waals surface area contributed by atoms with Crippen LogP contribution in [0.5, 0.6) is 11.5 Å². The van der Waals surface area contributed by atoms with E-state index < -0.39 is 6.61 Å². The molecule has 1 aromatic rings. The molecule has 0 aliphatic carbocycles. The van der Waals surface area contributed by atoms with E-state index in [0.29, 0.717) is 12.5 Å². The SMILES string of the molecule is CN=C(NCc1ccc(OC)c(OC(F)F)c1)N1CCC(COC)C1. The summed E-state index contributed by atoms with van der Waals surface area (Å²) in [6, 6.07) is 4.96. The highest BCUT2D eigenvalue weighted by atomic mass is 19.3. The zero-order valence-electron chi connectivity index (χ0n) is 14.8. The van der Waals surface area contributed by atoms with Crippen molar-refractivity contribution in [2.45, 2.75) is 19.6 Å². The van der Waals surface area contributed by atoms with Crippen LogP contribution in [0.4, 0.5) is 8.78 Å². The van der Waals surface area contributed by atoms with Crippen molar-refractivity contribution in [2.24, 2.45) is 10.9 Å². The van der Waals surface area contributed by atoms with Crippen LogP contribution in [0.15, 0.2) is 23.2 Å². The fourth-order valence-corrected chi connectivity index (χ4v) is 2.93. The molecule has 0 saturated carbocycles. The number of rotatable bonds is 7. The second-order valence-corrected chi connectivity index (χ2v) is 5.82. The summed E-state index contributed by atoms with van der Waals surface area (Å²) in [6.45, 7) is 0.0840. The maximum Gasteiger partial charge on any atom is 0.387 e. The minimum atomic E-state index is -2.90. The molecule has 1 unspecified atom stereocenters. The number of nitrogens with one attached hydrogen (secondary N) is 1. The molecule has 25 heavy (non-hydrogen) atoms. The monoisotopic (exact) mass is 357 g/mol. The molecule has 1 saturated heterocycles. The van der Waals surface area contributed by atoms with Crippen LogP contribution in [0.3, 0.4) is 0 Å². The van der Waals surface area contributed by atoms with Crippen LogP contribution < -0.4 is 14.8 Å². The largest absolute Gasteiger partial charge is 0.493 e. The lowest BCUT2D eigenvalue weighted by molar-refractivity contribution is -0.0512. The Bertz CT molecular complexity index is 584. The van der Waals surface area contributed by atoms with Gasteiger partial charge in [0.05, 0.1) is 13.7 Å². The maximum atomic E-state index is 12.5. The number of guanidine groups is 1. The second kappa shape index (κ2) is 9.41. The molecular weight excluding hydrogens is 332 g/mol. The van der Waals surface area contributed by atoms with Gasteiger partial charge >= 0.3 is 6.61 Å². The average molecular weight is 357 g/mol. The van der Waals surface area contributed by atoms with Crippen molar-refractivity contribution < 1.29 is 23.0 Å². The Balaban J connectivity index is 1.97. The first kappa shape index (κ1) is 19.2. The summed E-state index contributed by atoms with van der Waals surface area (Å²) < 4.78 is 39.8. The Labute approximate surface area is 146 Å². The fraction of sp³-hybridized carbons (Fsp3) is 0.588. The van der Waals surface area contributed by atoms with Crippen LogP contribution in [-0.2, 0) is 11.3 Å². The molecule has 1 aromatic carbocycles. The summed E-state index contributed by atoms with van der Waals surface area (Å²) in [5.41, 5.74) is 0.797. The second-order valence-electron chi connectivity index (χ2n) is 5.82. The van der Waals surface area contributed by atoms with E-state index in [1.54, 1.807) is 32.4 Å². The molecular formula is C17H25F2N3O3. The first-order valence-electron chi connectivity index (χ1n) is 8.13. The number of benzene rings is 1. The van der Waals surface area contributed by atoms with Gasteiger partial charge in [-0.15, -0.1) is 0 Å². The summed E-state index contributed by atoms with van der Waals surface area (Å²) in [4.78, 5) is 6.47. The minimum absolute atomic E-state index is 0.0214. The first-order valence-corrected chi connectivity index (χ1v) is 8.13. The van der Waals surface area contributed by atoms with Crippen LogP contribution in [0, 0.1) is 5.92 Å². The number of hydrogen-bond donors (Lipinski definition) is 1. The molecule has 2 rings (SSSR count). The predicted octanol–water partition coefficient (Wildman–Crippen LogP) is 2.34. The van der Waals surface area contributed by atoms with E-state index in [9.17, 15) is 8.78 Å². The molecule has 1 fully saturated rings. The molecule has 1 atom stereocenters. The zero-order valence-corrected chi connectivity index (χ0v) is 14.8. The van der Waals surface area contributed by atoms with Gasteiger partial charge in [0.2, 0.25) is 0 Å². The minimum Gasteiger partial charge on any atom is -0.493 e. The van der Waals surface area contributed by atoms with E-state index in [4.69, 9.17) is 9.47 Å². The highest BCUT2D eigenvalue weighted by Gasteiger charge is 2.24. The zero-order chi connectivity index (χ0) is 18.2. The molecule has 0 radical (unpaired) electrons. The Hall–Kier alpha value is -2.09. The van der Waals surface area contributed by atoms with E-state index in [1.807, 2.05) is 0 Å². The van der Waals surface area contributed by atoms with Crippen molar-refractivity contribution in [2.75, 3.05) is 41.0 Å². The Kier molecular flexibility index (Phi) is 7.24. The molecule has 1 N–H and O–H groups in total. The van der Waals surface area contributed by atoms with Crippen molar-refractivity contribution >= 4 is 5.96 Å². The first-order chi connectivity index (χ1) is 12.1. The number of aliphatic imine (C=N–C) groups is 1. The smallest absolute Gasteiger partial charge is 0.387 e. The van der Waals surface area contributed by atoms with Crippen LogP contribution in [0.25, 0.3) is 0 Å². The normalized spacial score (nSPS) is 17.9. The fourth-order valence-electron chi connectivity index (χ4n) is 2.93.